The molecular formula is C22H27ClN2O4S. The van der Waals surface area contributed by atoms with E-state index in [2.05, 4.69) is 0 Å². The Morgan fingerprint density at radius 1 is 1.13 bits per heavy atom. The molecule has 0 fully saturated rings. The summed E-state index contributed by atoms with van der Waals surface area (Å²) < 4.78 is 5.24. The van der Waals surface area contributed by atoms with E-state index >= 15 is 0 Å². The number of hydroxylamine groups is 2. The van der Waals surface area contributed by atoms with Crippen molar-refractivity contribution >= 4 is 36.0 Å². The number of carbonyl (C=O) groups is 2. The van der Waals surface area contributed by atoms with Gasteiger partial charge in [-0.3, -0.25) is 9.59 Å². The van der Waals surface area contributed by atoms with E-state index in [1.807, 2.05) is 67.5 Å². The van der Waals surface area contributed by atoms with Gasteiger partial charge in [-0.05, 0) is 56.4 Å². The molecule has 2 aromatic carbocycles. The van der Waals surface area contributed by atoms with E-state index in [9.17, 15) is 9.59 Å². The van der Waals surface area contributed by atoms with Gasteiger partial charge in [0, 0.05) is 11.8 Å². The van der Waals surface area contributed by atoms with Gasteiger partial charge in [0.15, 0.2) is 0 Å². The lowest BCUT2D eigenvalue weighted by Crippen LogP contribution is -2.38. The molecule has 0 aromatic heterocycles. The summed E-state index contributed by atoms with van der Waals surface area (Å²) in [6.07, 6.45) is 0.635. The van der Waals surface area contributed by atoms with Crippen molar-refractivity contribution in [2.75, 3.05) is 27.7 Å². The van der Waals surface area contributed by atoms with Gasteiger partial charge in [0.1, 0.15) is 11.1 Å². The van der Waals surface area contributed by atoms with Crippen molar-refractivity contribution in [1.82, 2.24) is 9.96 Å². The molecule has 30 heavy (non-hydrogen) atoms. The average Bonchev–Trinajstić information content (AvgIpc) is 2.81. The molecule has 1 heterocycles. The van der Waals surface area contributed by atoms with Crippen LogP contribution in [0, 0.1) is 0 Å². The van der Waals surface area contributed by atoms with Crippen molar-refractivity contribution in [3.05, 3.63) is 59.7 Å². The molecule has 0 radical (unpaired) electrons. The van der Waals surface area contributed by atoms with Crippen LogP contribution in [0.5, 0.6) is 5.75 Å². The van der Waals surface area contributed by atoms with Crippen LogP contribution in [-0.4, -0.2) is 49.6 Å². The van der Waals surface area contributed by atoms with E-state index in [0.717, 1.165) is 28.3 Å². The van der Waals surface area contributed by atoms with Crippen molar-refractivity contribution in [3.8, 4) is 5.75 Å². The van der Waals surface area contributed by atoms with Crippen LogP contribution in [0.4, 0.5) is 0 Å². The van der Waals surface area contributed by atoms with Gasteiger partial charge in [0.05, 0.1) is 13.0 Å². The van der Waals surface area contributed by atoms with Gasteiger partial charge in [-0.25, -0.2) is 0 Å². The van der Waals surface area contributed by atoms with Crippen molar-refractivity contribution in [1.29, 1.82) is 0 Å². The van der Waals surface area contributed by atoms with Crippen molar-refractivity contribution in [3.63, 3.8) is 0 Å². The lowest BCUT2D eigenvalue weighted by atomic mass is 9.94. The van der Waals surface area contributed by atoms with Crippen LogP contribution < -0.4 is 4.74 Å². The third kappa shape index (κ3) is 5.47. The van der Waals surface area contributed by atoms with Crippen molar-refractivity contribution < 1.29 is 19.2 Å². The average molecular weight is 451 g/mol. The number of ether oxygens (including phenoxy) is 1. The monoisotopic (exact) mass is 450 g/mol. The maximum atomic E-state index is 13.6. The number of hydrogen-bond acceptors (Lipinski definition) is 6. The maximum absolute atomic E-state index is 13.6. The summed E-state index contributed by atoms with van der Waals surface area (Å²) in [6.45, 7) is 2.06. The lowest BCUT2D eigenvalue weighted by Gasteiger charge is -2.29. The zero-order valence-corrected chi connectivity index (χ0v) is 19.2. The molecule has 3 rings (SSSR count). The van der Waals surface area contributed by atoms with Gasteiger partial charge < -0.3 is 14.5 Å². The van der Waals surface area contributed by atoms with Gasteiger partial charge in [-0.1, -0.05) is 42.1 Å². The Bertz CT molecular complexity index is 876. The Morgan fingerprint density at radius 2 is 1.80 bits per heavy atom. The SMILES string of the molecule is COc1ccc([C@H]2Sc3ccccc3[C@@H](CCN(C)C)C(=O)N2OC(C)=O)cc1.Cl. The zero-order chi connectivity index (χ0) is 21.0. The predicted octanol–water partition coefficient (Wildman–Crippen LogP) is 4.26. The van der Waals surface area contributed by atoms with Gasteiger partial charge >= 0.3 is 5.97 Å². The fourth-order valence-corrected chi connectivity index (χ4v) is 4.60. The first-order chi connectivity index (χ1) is 13.9. The number of rotatable bonds is 6. The molecule has 0 spiro atoms. The molecule has 2 atom stereocenters. The Kier molecular flexibility index (Phi) is 8.58. The second-order valence-corrected chi connectivity index (χ2v) is 8.29. The Hall–Kier alpha value is -2.22. The van der Waals surface area contributed by atoms with E-state index in [1.54, 1.807) is 7.11 Å². The Morgan fingerprint density at radius 3 is 2.40 bits per heavy atom. The van der Waals surface area contributed by atoms with Crippen LogP contribution in [-0.2, 0) is 14.4 Å². The highest BCUT2D eigenvalue weighted by molar-refractivity contribution is 7.99. The van der Waals surface area contributed by atoms with Crippen LogP contribution in [0.25, 0.3) is 0 Å². The number of nitrogens with zero attached hydrogens (tertiary/aromatic N) is 2. The number of hydrogen-bond donors (Lipinski definition) is 0. The molecule has 2 aromatic rings. The van der Waals surface area contributed by atoms with Crippen LogP contribution in [0.1, 0.15) is 35.8 Å². The summed E-state index contributed by atoms with van der Waals surface area (Å²) in [5, 5.41) is 0.762. The normalized spacial score (nSPS) is 18.3. The van der Waals surface area contributed by atoms with Crippen molar-refractivity contribution in [2.45, 2.75) is 29.5 Å². The molecule has 162 valence electrons. The van der Waals surface area contributed by atoms with E-state index in [1.165, 1.54) is 23.7 Å². The van der Waals surface area contributed by atoms with Gasteiger partial charge in [0.25, 0.3) is 5.91 Å². The number of amides is 1. The summed E-state index contributed by atoms with van der Waals surface area (Å²) in [4.78, 5) is 33.9. The second kappa shape index (κ2) is 10.7. The molecule has 0 saturated carbocycles. The molecule has 8 heteroatoms. The Balaban J connectivity index is 0.00000320. The third-order valence-electron chi connectivity index (χ3n) is 4.75. The van der Waals surface area contributed by atoms with Crippen LogP contribution in [0.2, 0.25) is 0 Å². The highest BCUT2D eigenvalue weighted by Gasteiger charge is 2.39. The van der Waals surface area contributed by atoms with Gasteiger partial charge in [-0.2, -0.15) is 5.06 Å². The van der Waals surface area contributed by atoms with E-state index < -0.39 is 11.3 Å². The number of thioether (sulfide) groups is 1. The van der Waals surface area contributed by atoms with E-state index in [-0.39, 0.29) is 24.2 Å². The molecule has 0 bridgehead atoms. The first-order valence-electron chi connectivity index (χ1n) is 9.46. The van der Waals surface area contributed by atoms with Crippen LogP contribution in [0.15, 0.2) is 53.4 Å². The molecule has 0 aliphatic carbocycles. The Labute approximate surface area is 187 Å². The summed E-state index contributed by atoms with van der Waals surface area (Å²) in [7, 11) is 5.56. The molecule has 0 saturated heterocycles. The maximum Gasteiger partial charge on any atom is 0.329 e. The van der Waals surface area contributed by atoms with Gasteiger partial charge in [-0.15, -0.1) is 12.4 Å². The highest BCUT2D eigenvalue weighted by Crippen LogP contribution is 2.46. The van der Waals surface area contributed by atoms with Gasteiger partial charge in [0.2, 0.25) is 0 Å². The summed E-state index contributed by atoms with van der Waals surface area (Å²) in [6, 6.07) is 15.4. The van der Waals surface area contributed by atoms with E-state index in [0.29, 0.717) is 6.42 Å². The fourth-order valence-electron chi connectivity index (χ4n) is 3.32. The number of carbonyl (C=O) groups excluding carboxylic acids is 2. The van der Waals surface area contributed by atoms with Crippen LogP contribution >= 0.6 is 24.2 Å². The number of benzene rings is 2. The molecule has 1 aliphatic heterocycles. The molecule has 1 amide bonds. The van der Waals surface area contributed by atoms with Crippen molar-refractivity contribution in [2.24, 2.45) is 0 Å². The first-order valence-corrected chi connectivity index (χ1v) is 10.3. The summed E-state index contributed by atoms with van der Waals surface area (Å²) >= 11 is 1.51. The smallest absolute Gasteiger partial charge is 0.329 e. The molecule has 0 unspecified atom stereocenters. The molecule has 0 N–H and O–H groups in total. The highest BCUT2D eigenvalue weighted by atomic mass is 35.5. The second-order valence-electron chi connectivity index (χ2n) is 7.17. The minimum Gasteiger partial charge on any atom is -0.497 e. The zero-order valence-electron chi connectivity index (χ0n) is 17.5. The topological polar surface area (TPSA) is 59.1 Å². The van der Waals surface area contributed by atoms with Crippen LogP contribution in [0.3, 0.4) is 0 Å². The first kappa shape index (κ1) is 24.1. The fraction of sp³-hybridized carbons (Fsp3) is 0.364. The summed E-state index contributed by atoms with van der Waals surface area (Å²) in [5.41, 5.74) is 1.82. The minimum absolute atomic E-state index is 0. The number of fused-ring (bicyclic) bond motifs is 1. The molecule has 1 aliphatic rings. The third-order valence-corrected chi connectivity index (χ3v) is 6.07. The summed E-state index contributed by atoms with van der Waals surface area (Å²) in [5.74, 6) is -0.388. The lowest BCUT2D eigenvalue weighted by molar-refractivity contribution is -0.200. The quantitative estimate of drug-likeness (QED) is 0.655. The largest absolute Gasteiger partial charge is 0.497 e. The van der Waals surface area contributed by atoms with E-state index in [4.69, 9.17) is 9.57 Å². The minimum atomic E-state index is -0.519. The number of halogens is 1. The molecule has 6 nitrogen and oxygen atoms in total. The standard InChI is InChI=1S/C22H26N2O4S.ClH/c1-15(25)28-24-21(26)19(13-14-23(2)3)18-7-5-6-8-20(18)29-22(24)16-9-11-17(27-4)12-10-16;/h5-12,19,22H,13-14H2,1-4H3;1H/t19-,22-;/m1./s1. The number of methoxy groups -OCH3 is 1. The molecular weight excluding hydrogens is 424 g/mol. The predicted molar refractivity (Wildman–Crippen MR) is 120 cm³/mol.